The number of benzene rings is 1. The first-order valence-corrected chi connectivity index (χ1v) is 6.27. The minimum atomic E-state index is 0.505. The van der Waals surface area contributed by atoms with Crippen LogP contribution in [0.15, 0.2) is 18.2 Å². The van der Waals surface area contributed by atoms with Crippen molar-refractivity contribution in [3.05, 3.63) is 23.8 Å². The zero-order chi connectivity index (χ0) is 13.5. The lowest BCUT2D eigenvalue weighted by molar-refractivity contribution is 0.229. The Hall–Kier alpha value is -1.69. The molecule has 0 spiro atoms. The Balaban J connectivity index is 2.65. The molecule has 1 aromatic carbocycles. The number of ether oxygens (including phenoxy) is 2. The van der Waals surface area contributed by atoms with Gasteiger partial charge in [-0.05, 0) is 30.4 Å². The van der Waals surface area contributed by atoms with Crippen molar-refractivity contribution >= 4 is 0 Å². The Kier molecular flexibility index (Phi) is 5.51. The highest BCUT2D eigenvalue weighted by Crippen LogP contribution is 2.28. The normalized spacial score (nSPS) is 12.0. The summed E-state index contributed by atoms with van der Waals surface area (Å²) in [4.78, 5) is 0. The van der Waals surface area contributed by atoms with Crippen molar-refractivity contribution in [2.45, 2.75) is 27.2 Å². The van der Waals surface area contributed by atoms with Gasteiger partial charge in [-0.3, -0.25) is 0 Å². The number of rotatable bonds is 6. The maximum absolute atomic E-state index is 8.82. The summed E-state index contributed by atoms with van der Waals surface area (Å²) >= 11 is 0. The van der Waals surface area contributed by atoms with Crippen molar-refractivity contribution in [1.29, 1.82) is 5.26 Å². The summed E-state index contributed by atoms with van der Waals surface area (Å²) in [6, 6.07) is 7.31. The standard InChI is InChI=1S/C15H21NO2/c1-11(2)7-12(3)10-18-14-6-5-13(9-16)8-15(14)17-4/h5-6,8,11-12H,7,10H2,1-4H3. The molecule has 0 aliphatic heterocycles. The Morgan fingerprint density at radius 1 is 1.22 bits per heavy atom. The molecule has 0 aliphatic rings. The largest absolute Gasteiger partial charge is 0.493 e. The van der Waals surface area contributed by atoms with Gasteiger partial charge in [-0.25, -0.2) is 0 Å². The van der Waals surface area contributed by atoms with Crippen LogP contribution in [-0.2, 0) is 0 Å². The van der Waals surface area contributed by atoms with Gasteiger partial charge in [-0.2, -0.15) is 5.26 Å². The predicted octanol–water partition coefficient (Wildman–Crippen LogP) is 3.63. The minimum Gasteiger partial charge on any atom is -0.493 e. The van der Waals surface area contributed by atoms with E-state index in [4.69, 9.17) is 14.7 Å². The molecular formula is C15H21NO2. The molecule has 0 aliphatic carbocycles. The van der Waals surface area contributed by atoms with Crippen LogP contribution < -0.4 is 9.47 Å². The molecule has 0 N–H and O–H groups in total. The molecule has 1 rings (SSSR count). The predicted molar refractivity (Wildman–Crippen MR) is 71.8 cm³/mol. The first-order valence-electron chi connectivity index (χ1n) is 6.27. The molecule has 0 amide bonds. The van der Waals surface area contributed by atoms with Crippen LogP contribution in [0, 0.1) is 23.2 Å². The van der Waals surface area contributed by atoms with E-state index in [1.807, 2.05) is 0 Å². The lowest BCUT2D eigenvalue weighted by Gasteiger charge is -2.16. The first kappa shape index (κ1) is 14.4. The van der Waals surface area contributed by atoms with Crippen LogP contribution in [0.1, 0.15) is 32.8 Å². The Morgan fingerprint density at radius 3 is 2.50 bits per heavy atom. The van der Waals surface area contributed by atoms with Crippen LogP contribution in [0.2, 0.25) is 0 Å². The molecule has 3 heteroatoms. The van der Waals surface area contributed by atoms with Gasteiger partial charge < -0.3 is 9.47 Å². The molecule has 0 heterocycles. The van der Waals surface area contributed by atoms with Crippen molar-refractivity contribution in [2.24, 2.45) is 11.8 Å². The fourth-order valence-electron chi connectivity index (χ4n) is 1.96. The molecule has 0 bridgehead atoms. The first-order chi connectivity index (χ1) is 8.56. The van der Waals surface area contributed by atoms with Gasteiger partial charge in [0, 0.05) is 6.07 Å². The highest BCUT2D eigenvalue weighted by molar-refractivity contribution is 5.46. The molecule has 0 fully saturated rings. The van der Waals surface area contributed by atoms with Crippen molar-refractivity contribution in [2.75, 3.05) is 13.7 Å². The summed E-state index contributed by atoms with van der Waals surface area (Å²) in [5, 5.41) is 8.82. The molecule has 18 heavy (non-hydrogen) atoms. The third-order valence-electron chi connectivity index (χ3n) is 2.69. The quantitative estimate of drug-likeness (QED) is 0.771. The minimum absolute atomic E-state index is 0.505. The van der Waals surface area contributed by atoms with Crippen LogP contribution in [-0.4, -0.2) is 13.7 Å². The molecule has 0 aromatic heterocycles. The van der Waals surface area contributed by atoms with Gasteiger partial charge in [0.25, 0.3) is 0 Å². The van der Waals surface area contributed by atoms with E-state index in [1.165, 1.54) is 0 Å². The molecule has 0 saturated heterocycles. The molecule has 1 atom stereocenters. The fourth-order valence-corrected chi connectivity index (χ4v) is 1.96. The number of hydrogen-bond donors (Lipinski definition) is 0. The van der Waals surface area contributed by atoms with E-state index in [0.29, 0.717) is 35.5 Å². The number of hydrogen-bond acceptors (Lipinski definition) is 3. The topological polar surface area (TPSA) is 42.2 Å². The lowest BCUT2D eigenvalue weighted by atomic mass is 10.00. The van der Waals surface area contributed by atoms with Crippen molar-refractivity contribution in [3.8, 4) is 17.6 Å². The highest BCUT2D eigenvalue weighted by Gasteiger charge is 2.09. The molecule has 0 radical (unpaired) electrons. The molecule has 3 nitrogen and oxygen atoms in total. The third kappa shape index (κ3) is 4.29. The van der Waals surface area contributed by atoms with Crippen LogP contribution in [0.25, 0.3) is 0 Å². The van der Waals surface area contributed by atoms with E-state index in [1.54, 1.807) is 25.3 Å². The second-order valence-corrected chi connectivity index (χ2v) is 5.02. The fraction of sp³-hybridized carbons (Fsp3) is 0.533. The zero-order valence-corrected chi connectivity index (χ0v) is 11.6. The average molecular weight is 247 g/mol. The van der Waals surface area contributed by atoms with Crippen LogP contribution in [0.4, 0.5) is 0 Å². The van der Waals surface area contributed by atoms with E-state index in [0.717, 1.165) is 6.42 Å². The Morgan fingerprint density at radius 2 is 1.94 bits per heavy atom. The van der Waals surface area contributed by atoms with Crippen molar-refractivity contribution in [1.82, 2.24) is 0 Å². The molecule has 0 saturated carbocycles. The van der Waals surface area contributed by atoms with Gasteiger partial charge in [0.1, 0.15) is 0 Å². The second-order valence-electron chi connectivity index (χ2n) is 5.02. The van der Waals surface area contributed by atoms with Crippen molar-refractivity contribution < 1.29 is 9.47 Å². The summed E-state index contributed by atoms with van der Waals surface area (Å²) < 4.78 is 11.0. The van der Waals surface area contributed by atoms with E-state index in [9.17, 15) is 0 Å². The number of methoxy groups -OCH3 is 1. The summed E-state index contributed by atoms with van der Waals surface area (Å²) in [5.41, 5.74) is 0.578. The van der Waals surface area contributed by atoms with Gasteiger partial charge in [0.05, 0.1) is 25.3 Å². The van der Waals surface area contributed by atoms with Crippen LogP contribution in [0.5, 0.6) is 11.5 Å². The SMILES string of the molecule is COc1cc(C#N)ccc1OCC(C)CC(C)C. The van der Waals surface area contributed by atoms with Crippen molar-refractivity contribution in [3.63, 3.8) is 0 Å². The lowest BCUT2D eigenvalue weighted by Crippen LogP contribution is -2.11. The van der Waals surface area contributed by atoms with E-state index < -0.39 is 0 Å². The highest BCUT2D eigenvalue weighted by atomic mass is 16.5. The van der Waals surface area contributed by atoms with Gasteiger partial charge in [0.15, 0.2) is 11.5 Å². The van der Waals surface area contributed by atoms with Crippen LogP contribution in [0.3, 0.4) is 0 Å². The molecule has 98 valence electrons. The number of nitrogens with zero attached hydrogens (tertiary/aromatic N) is 1. The third-order valence-corrected chi connectivity index (χ3v) is 2.69. The second kappa shape index (κ2) is 6.90. The Labute approximate surface area is 109 Å². The molecule has 1 unspecified atom stereocenters. The van der Waals surface area contributed by atoms with E-state index >= 15 is 0 Å². The maximum Gasteiger partial charge on any atom is 0.162 e. The van der Waals surface area contributed by atoms with Crippen LogP contribution >= 0.6 is 0 Å². The summed E-state index contributed by atoms with van der Waals surface area (Å²) in [5.74, 6) is 2.50. The maximum atomic E-state index is 8.82. The average Bonchev–Trinajstić information content (AvgIpc) is 2.35. The Bertz CT molecular complexity index is 421. The van der Waals surface area contributed by atoms with Gasteiger partial charge in [-0.15, -0.1) is 0 Å². The van der Waals surface area contributed by atoms with Gasteiger partial charge in [-0.1, -0.05) is 20.8 Å². The summed E-state index contributed by atoms with van der Waals surface area (Å²) in [7, 11) is 1.58. The summed E-state index contributed by atoms with van der Waals surface area (Å²) in [6.45, 7) is 7.26. The van der Waals surface area contributed by atoms with Gasteiger partial charge in [0.2, 0.25) is 0 Å². The smallest absolute Gasteiger partial charge is 0.162 e. The number of nitriles is 1. The van der Waals surface area contributed by atoms with E-state index in [2.05, 4.69) is 26.8 Å². The van der Waals surface area contributed by atoms with E-state index in [-0.39, 0.29) is 0 Å². The molecular weight excluding hydrogens is 226 g/mol. The molecule has 1 aromatic rings. The zero-order valence-electron chi connectivity index (χ0n) is 11.6. The van der Waals surface area contributed by atoms with Gasteiger partial charge >= 0.3 is 0 Å². The summed E-state index contributed by atoms with van der Waals surface area (Å²) in [6.07, 6.45) is 1.14. The monoisotopic (exact) mass is 247 g/mol.